The van der Waals surface area contributed by atoms with Crippen molar-refractivity contribution in [3.05, 3.63) is 63.1 Å². The van der Waals surface area contributed by atoms with Crippen molar-refractivity contribution in [1.29, 1.82) is 0 Å². The first-order valence-electron chi connectivity index (χ1n) is 11.2. The molecule has 1 aliphatic rings. The van der Waals surface area contributed by atoms with Crippen molar-refractivity contribution >= 4 is 45.6 Å². The van der Waals surface area contributed by atoms with Crippen molar-refractivity contribution < 1.29 is 14.3 Å². The van der Waals surface area contributed by atoms with Gasteiger partial charge in [-0.15, -0.1) is 10.2 Å². The fourth-order valence-electron chi connectivity index (χ4n) is 3.84. The van der Waals surface area contributed by atoms with Gasteiger partial charge in [0, 0.05) is 36.0 Å². The van der Waals surface area contributed by atoms with E-state index >= 15 is 0 Å². The van der Waals surface area contributed by atoms with E-state index in [0.29, 0.717) is 42.6 Å². The second-order valence-corrected chi connectivity index (χ2v) is 9.97. The minimum Gasteiger partial charge on any atom is -0.493 e. The summed E-state index contributed by atoms with van der Waals surface area (Å²) in [6.45, 7) is 7.01. The second-order valence-electron chi connectivity index (χ2n) is 8.53. The molecule has 1 fully saturated rings. The number of hydrogen-bond acceptors (Lipinski definition) is 6. The van der Waals surface area contributed by atoms with Crippen LogP contribution in [0, 0.1) is 20.8 Å². The molecule has 1 aromatic heterocycles. The summed E-state index contributed by atoms with van der Waals surface area (Å²) in [7, 11) is 0. The first-order chi connectivity index (χ1) is 16.3. The van der Waals surface area contributed by atoms with Gasteiger partial charge in [-0.3, -0.25) is 9.59 Å². The van der Waals surface area contributed by atoms with Gasteiger partial charge in [0.25, 0.3) is 0 Å². The minimum absolute atomic E-state index is 0.0340. The highest BCUT2D eigenvalue weighted by Gasteiger charge is 2.34. The third-order valence-corrected chi connectivity index (χ3v) is 7.14. The molecule has 7 nitrogen and oxygen atoms in total. The molecule has 0 aliphatic carbocycles. The van der Waals surface area contributed by atoms with E-state index in [1.807, 2.05) is 44.2 Å². The molecule has 1 unspecified atom stereocenters. The number of anilines is 2. The number of nitrogens with one attached hydrogen (secondary N) is 1. The molecule has 4 rings (SSSR count). The summed E-state index contributed by atoms with van der Waals surface area (Å²) in [5.74, 6) is 0.663. The maximum Gasteiger partial charge on any atom is 0.227 e. The molecule has 0 saturated carbocycles. The van der Waals surface area contributed by atoms with Crippen molar-refractivity contribution in [2.45, 2.75) is 46.0 Å². The summed E-state index contributed by atoms with van der Waals surface area (Å²) >= 11 is 7.28. The van der Waals surface area contributed by atoms with E-state index in [4.69, 9.17) is 16.3 Å². The molecule has 1 N–H and O–H groups in total. The number of amides is 2. The normalized spacial score (nSPS) is 15.6. The number of carbonyl (C=O) groups is 2. The predicted octanol–water partition coefficient (Wildman–Crippen LogP) is 5.43. The van der Waals surface area contributed by atoms with E-state index in [2.05, 4.69) is 22.4 Å². The smallest absolute Gasteiger partial charge is 0.227 e. The molecule has 9 heteroatoms. The van der Waals surface area contributed by atoms with Gasteiger partial charge in [0.15, 0.2) is 0 Å². The van der Waals surface area contributed by atoms with Gasteiger partial charge in [0.2, 0.25) is 16.9 Å². The lowest BCUT2D eigenvalue weighted by Crippen LogP contribution is -2.24. The zero-order valence-electron chi connectivity index (χ0n) is 19.4. The number of aromatic nitrogens is 2. The van der Waals surface area contributed by atoms with Gasteiger partial charge in [-0.05, 0) is 74.2 Å². The number of hydrogen-bond donors (Lipinski definition) is 1. The van der Waals surface area contributed by atoms with Crippen LogP contribution in [0.1, 0.15) is 46.9 Å². The van der Waals surface area contributed by atoms with Crippen LogP contribution in [0.5, 0.6) is 5.75 Å². The Kier molecular flexibility index (Phi) is 7.48. The molecule has 1 atom stereocenters. The second kappa shape index (κ2) is 10.5. The van der Waals surface area contributed by atoms with Crippen molar-refractivity contribution in [1.82, 2.24) is 10.2 Å². The molecule has 34 heavy (non-hydrogen) atoms. The van der Waals surface area contributed by atoms with Gasteiger partial charge < -0.3 is 15.0 Å². The van der Waals surface area contributed by atoms with E-state index in [9.17, 15) is 9.59 Å². The molecule has 0 spiro atoms. The summed E-state index contributed by atoms with van der Waals surface area (Å²) in [4.78, 5) is 26.7. The van der Waals surface area contributed by atoms with Crippen molar-refractivity contribution in [2.75, 3.05) is 23.4 Å². The molecule has 2 heterocycles. The Labute approximate surface area is 208 Å². The molecular formula is C25H27ClN4O3S. The number of carbonyl (C=O) groups excluding carboxylic acids is 2. The first-order valence-corrected chi connectivity index (χ1v) is 12.4. The number of aryl methyl sites for hydroxylation is 3. The number of nitrogens with zero attached hydrogens (tertiary/aromatic N) is 3. The zero-order valence-corrected chi connectivity index (χ0v) is 21.0. The van der Waals surface area contributed by atoms with Crippen molar-refractivity contribution in [3.63, 3.8) is 0 Å². The lowest BCUT2D eigenvalue weighted by molar-refractivity contribution is -0.117. The van der Waals surface area contributed by atoms with Crippen LogP contribution in [0.15, 0.2) is 36.4 Å². The first kappa shape index (κ1) is 24.2. The Hall–Kier alpha value is -2.97. The van der Waals surface area contributed by atoms with Crippen LogP contribution in [-0.2, 0) is 9.59 Å². The molecule has 0 radical (unpaired) electrons. The maximum absolute atomic E-state index is 12.6. The molecule has 1 saturated heterocycles. The third kappa shape index (κ3) is 5.74. The molecule has 0 bridgehead atoms. The summed E-state index contributed by atoms with van der Waals surface area (Å²) < 4.78 is 5.73. The summed E-state index contributed by atoms with van der Waals surface area (Å²) in [5, 5.41) is 13.0. The average molecular weight is 499 g/mol. The maximum atomic E-state index is 12.6. The van der Waals surface area contributed by atoms with Crippen LogP contribution in [0.25, 0.3) is 0 Å². The Morgan fingerprint density at radius 3 is 2.74 bits per heavy atom. The van der Waals surface area contributed by atoms with Gasteiger partial charge in [-0.2, -0.15) is 0 Å². The SMILES string of the molecule is Cc1ccc(N2CC(c3nnc(NC(=O)CCCOc4ccc(Cl)cc4C)s3)CC2=O)cc1C. The highest BCUT2D eigenvalue weighted by atomic mass is 35.5. The number of rotatable bonds is 8. The lowest BCUT2D eigenvalue weighted by atomic mass is 10.1. The van der Waals surface area contributed by atoms with Crippen LogP contribution in [0.2, 0.25) is 5.02 Å². The molecule has 1 aliphatic heterocycles. The van der Waals surface area contributed by atoms with Crippen LogP contribution in [0.3, 0.4) is 0 Å². The fraction of sp³-hybridized carbons (Fsp3) is 0.360. The average Bonchev–Trinajstić information content (AvgIpc) is 3.41. The van der Waals surface area contributed by atoms with Crippen LogP contribution in [0.4, 0.5) is 10.8 Å². The van der Waals surface area contributed by atoms with Crippen LogP contribution in [-0.4, -0.2) is 35.2 Å². The van der Waals surface area contributed by atoms with Gasteiger partial charge in [0.1, 0.15) is 10.8 Å². The Bertz CT molecular complexity index is 1210. The minimum atomic E-state index is -0.140. The highest BCUT2D eigenvalue weighted by Crippen LogP contribution is 2.34. The largest absolute Gasteiger partial charge is 0.493 e. The highest BCUT2D eigenvalue weighted by molar-refractivity contribution is 7.15. The van der Waals surface area contributed by atoms with Crippen molar-refractivity contribution in [2.24, 2.45) is 0 Å². The quantitative estimate of drug-likeness (QED) is 0.418. The lowest BCUT2D eigenvalue weighted by Gasteiger charge is -2.17. The van der Waals surface area contributed by atoms with Crippen LogP contribution < -0.4 is 15.0 Å². The molecule has 3 aromatic rings. The number of ether oxygens (including phenoxy) is 1. The summed E-state index contributed by atoms with van der Waals surface area (Å²) in [6.07, 6.45) is 1.27. The molecular weight excluding hydrogens is 472 g/mol. The van der Waals surface area contributed by atoms with Gasteiger partial charge >= 0.3 is 0 Å². The Morgan fingerprint density at radius 1 is 1.15 bits per heavy atom. The number of halogens is 1. The van der Waals surface area contributed by atoms with Gasteiger partial charge in [-0.1, -0.05) is 29.0 Å². The molecule has 178 valence electrons. The predicted molar refractivity (Wildman–Crippen MR) is 135 cm³/mol. The van der Waals surface area contributed by atoms with E-state index in [0.717, 1.165) is 27.6 Å². The Morgan fingerprint density at radius 2 is 1.97 bits per heavy atom. The fourth-order valence-corrected chi connectivity index (χ4v) is 4.91. The number of benzene rings is 2. The Balaban J connectivity index is 1.26. The van der Waals surface area contributed by atoms with E-state index < -0.39 is 0 Å². The molecule has 2 aromatic carbocycles. The standard InChI is InChI=1S/C25H27ClN4O3S/c1-15-6-8-20(12-16(15)2)30-14-18(13-23(30)32)24-28-29-25(34-24)27-22(31)5-4-10-33-21-9-7-19(26)11-17(21)3/h6-9,11-12,18H,4-5,10,13-14H2,1-3H3,(H,27,29,31). The van der Waals surface area contributed by atoms with Gasteiger partial charge in [-0.25, -0.2) is 0 Å². The van der Waals surface area contributed by atoms with E-state index in [1.165, 1.54) is 16.9 Å². The van der Waals surface area contributed by atoms with E-state index in [-0.39, 0.29) is 17.7 Å². The van der Waals surface area contributed by atoms with Crippen LogP contribution >= 0.6 is 22.9 Å². The zero-order chi connectivity index (χ0) is 24.2. The summed E-state index contributed by atoms with van der Waals surface area (Å²) in [6, 6.07) is 11.5. The topological polar surface area (TPSA) is 84.4 Å². The summed E-state index contributed by atoms with van der Waals surface area (Å²) in [5.41, 5.74) is 4.22. The van der Waals surface area contributed by atoms with Gasteiger partial charge in [0.05, 0.1) is 6.61 Å². The third-order valence-electron chi connectivity index (χ3n) is 5.91. The van der Waals surface area contributed by atoms with E-state index in [1.54, 1.807) is 11.0 Å². The molecule has 2 amide bonds. The van der Waals surface area contributed by atoms with Crippen molar-refractivity contribution in [3.8, 4) is 5.75 Å². The monoisotopic (exact) mass is 498 g/mol.